The summed E-state index contributed by atoms with van der Waals surface area (Å²) < 4.78 is 5.30. The van der Waals surface area contributed by atoms with Crippen LogP contribution in [0, 0.1) is 6.92 Å². The van der Waals surface area contributed by atoms with Crippen LogP contribution >= 0.6 is 0 Å². The zero-order valence-corrected chi connectivity index (χ0v) is 14.6. The van der Waals surface area contributed by atoms with Crippen LogP contribution in [-0.4, -0.2) is 23.0 Å². The summed E-state index contributed by atoms with van der Waals surface area (Å²) in [6, 6.07) is 15.6. The van der Waals surface area contributed by atoms with E-state index >= 15 is 0 Å². The van der Waals surface area contributed by atoms with E-state index in [1.807, 2.05) is 55.5 Å². The topological polar surface area (TPSA) is 81.0 Å². The number of ether oxygens (including phenoxy) is 1. The summed E-state index contributed by atoms with van der Waals surface area (Å²) in [6.45, 7) is 2.01. The van der Waals surface area contributed by atoms with Crippen LogP contribution in [0.2, 0.25) is 0 Å². The molecule has 5 heteroatoms. The number of carbonyl (C=O) groups is 1. The summed E-state index contributed by atoms with van der Waals surface area (Å²) in [5.74, 6) is -0.275. The molecule has 2 aromatic carbocycles. The van der Waals surface area contributed by atoms with Crippen molar-refractivity contribution in [1.82, 2.24) is 9.97 Å². The number of carbonyl (C=O) groups excluding carboxylic acids is 1. The molecule has 0 fully saturated rings. The first-order chi connectivity index (χ1) is 12.6. The van der Waals surface area contributed by atoms with Gasteiger partial charge in [0.25, 0.3) is 0 Å². The van der Waals surface area contributed by atoms with Crippen LogP contribution in [0.1, 0.15) is 22.7 Å². The molecule has 0 aliphatic rings. The van der Waals surface area contributed by atoms with Crippen LogP contribution in [0.4, 0.5) is 0 Å². The number of H-pyrrole nitrogens is 1. The number of amides is 1. The van der Waals surface area contributed by atoms with Crippen molar-refractivity contribution in [2.75, 3.05) is 7.11 Å². The average molecular weight is 345 g/mol. The Bertz CT molecular complexity index is 1110. The number of aromatic amines is 1. The number of methoxy groups -OCH3 is 1. The van der Waals surface area contributed by atoms with E-state index < -0.39 is 11.8 Å². The Morgan fingerprint density at radius 2 is 1.88 bits per heavy atom. The first kappa shape index (κ1) is 16.1. The van der Waals surface area contributed by atoms with Crippen LogP contribution < -0.4 is 10.5 Å². The van der Waals surface area contributed by atoms with Gasteiger partial charge in [-0.3, -0.25) is 9.78 Å². The molecule has 130 valence electrons. The second-order valence-corrected chi connectivity index (χ2v) is 6.40. The number of primary amides is 1. The fourth-order valence-electron chi connectivity index (χ4n) is 3.39. The van der Waals surface area contributed by atoms with E-state index in [0.717, 1.165) is 38.7 Å². The van der Waals surface area contributed by atoms with Crippen LogP contribution in [0.5, 0.6) is 5.75 Å². The molecule has 0 aliphatic heterocycles. The van der Waals surface area contributed by atoms with E-state index in [9.17, 15) is 4.79 Å². The maximum Gasteiger partial charge on any atom is 0.231 e. The van der Waals surface area contributed by atoms with E-state index in [1.165, 1.54) is 0 Å². The third-order valence-electron chi connectivity index (χ3n) is 4.73. The summed E-state index contributed by atoms with van der Waals surface area (Å²) in [5.41, 5.74) is 10.1. The van der Waals surface area contributed by atoms with Crippen LogP contribution in [0.3, 0.4) is 0 Å². The highest BCUT2D eigenvalue weighted by Gasteiger charge is 2.25. The van der Waals surface area contributed by atoms with Crippen molar-refractivity contribution >= 4 is 27.7 Å². The summed E-state index contributed by atoms with van der Waals surface area (Å²) >= 11 is 0. The molecular weight excluding hydrogens is 326 g/mol. The minimum atomic E-state index is -0.616. The van der Waals surface area contributed by atoms with E-state index in [1.54, 1.807) is 13.3 Å². The summed E-state index contributed by atoms with van der Waals surface area (Å²) in [5, 5.41) is 2.06. The Balaban J connectivity index is 1.96. The lowest BCUT2D eigenvalue weighted by atomic mass is 9.92. The van der Waals surface area contributed by atoms with Crippen molar-refractivity contribution in [3.63, 3.8) is 0 Å². The first-order valence-corrected chi connectivity index (χ1v) is 8.38. The predicted octanol–water partition coefficient (Wildman–Crippen LogP) is 3.65. The van der Waals surface area contributed by atoms with Gasteiger partial charge in [0.2, 0.25) is 5.91 Å². The highest BCUT2D eigenvalue weighted by atomic mass is 16.5. The molecular formula is C21H19N3O2. The lowest BCUT2D eigenvalue weighted by Crippen LogP contribution is -2.23. The lowest BCUT2D eigenvalue weighted by Gasteiger charge is -2.14. The molecule has 0 bridgehead atoms. The Morgan fingerprint density at radius 3 is 2.58 bits per heavy atom. The number of nitrogens with zero attached hydrogens (tertiary/aromatic N) is 1. The van der Waals surface area contributed by atoms with Crippen LogP contribution in [-0.2, 0) is 4.79 Å². The number of aryl methyl sites for hydroxylation is 1. The molecule has 5 nitrogen and oxygen atoms in total. The van der Waals surface area contributed by atoms with Crippen LogP contribution in [0.25, 0.3) is 21.8 Å². The molecule has 2 heterocycles. The minimum absolute atomic E-state index is 0.426. The highest BCUT2D eigenvalue weighted by Crippen LogP contribution is 2.34. The van der Waals surface area contributed by atoms with Gasteiger partial charge in [-0.1, -0.05) is 29.8 Å². The molecule has 0 radical (unpaired) electrons. The van der Waals surface area contributed by atoms with Gasteiger partial charge in [-0.25, -0.2) is 0 Å². The standard InChI is InChI=1S/C21H19N3O2/c1-12-3-5-13(6-4-12)18(21(22)25)20-19-16(9-10-23-20)15-8-7-14(26-2)11-17(15)24-19/h3-11,18,24H,1-2H3,(H2,22,25). The van der Waals surface area contributed by atoms with Gasteiger partial charge in [0, 0.05) is 23.0 Å². The van der Waals surface area contributed by atoms with E-state index in [0.29, 0.717) is 5.69 Å². The number of pyridine rings is 1. The molecule has 1 atom stereocenters. The van der Waals surface area contributed by atoms with Crippen molar-refractivity contribution in [2.45, 2.75) is 12.8 Å². The Labute approximate surface area is 150 Å². The molecule has 1 amide bonds. The van der Waals surface area contributed by atoms with Gasteiger partial charge >= 0.3 is 0 Å². The normalized spacial score (nSPS) is 12.4. The molecule has 0 saturated carbocycles. The summed E-state index contributed by atoms with van der Waals surface area (Å²) in [7, 11) is 1.64. The smallest absolute Gasteiger partial charge is 0.231 e. The molecule has 4 rings (SSSR count). The van der Waals surface area contributed by atoms with Gasteiger partial charge in [0.15, 0.2) is 0 Å². The Kier molecular flexibility index (Phi) is 3.84. The molecule has 4 aromatic rings. The fraction of sp³-hybridized carbons (Fsp3) is 0.143. The zero-order chi connectivity index (χ0) is 18.3. The molecule has 3 N–H and O–H groups in total. The first-order valence-electron chi connectivity index (χ1n) is 8.38. The number of hydrogen-bond donors (Lipinski definition) is 2. The molecule has 0 saturated heterocycles. The van der Waals surface area contributed by atoms with E-state index in [2.05, 4.69) is 9.97 Å². The van der Waals surface area contributed by atoms with Gasteiger partial charge in [-0.2, -0.15) is 0 Å². The highest BCUT2D eigenvalue weighted by molar-refractivity contribution is 6.09. The maximum absolute atomic E-state index is 12.3. The monoisotopic (exact) mass is 345 g/mol. The number of nitrogens with one attached hydrogen (secondary N) is 1. The Morgan fingerprint density at radius 1 is 1.12 bits per heavy atom. The average Bonchev–Trinajstić information content (AvgIpc) is 3.02. The minimum Gasteiger partial charge on any atom is -0.497 e. The third-order valence-corrected chi connectivity index (χ3v) is 4.73. The van der Waals surface area contributed by atoms with Gasteiger partial charge in [0.1, 0.15) is 11.7 Å². The number of nitrogens with two attached hydrogens (primary N) is 1. The molecule has 2 aromatic heterocycles. The predicted molar refractivity (Wildman–Crippen MR) is 102 cm³/mol. The van der Waals surface area contributed by atoms with Crippen molar-refractivity contribution in [3.8, 4) is 5.75 Å². The van der Waals surface area contributed by atoms with Crippen LogP contribution in [0.15, 0.2) is 54.7 Å². The SMILES string of the molecule is COc1ccc2c(c1)[nH]c1c(C(C(N)=O)c3ccc(C)cc3)nccc12. The molecule has 0 aliphatic carbocycles. The number of fused-ring (bicyclic) bond motifs is 3. The second-order valence-electron chi connectivity index (χ2n) is 6.40. The molecule has 0 spiro atoms. The second kappa shape index (κ2) is 6.19. The van der Waals surface area contributed by atoms with Gasteiger partial charge in [0.05, 0.1) is 23.8 Å². The maximum atomic E-state index is 12.3. The van der Waals surface area contributed by atoms with Crippen molar-refractivity contribution in [3.05, 3.63) is 71.5 Å². The van der Waals surface area contributed by atoms with Gasteiger partial charge in [-0.15, -0.1) is 0 Å². The zero-order valence-electron chi connectivity index (χ0n) is 14.6. The number of benzene rings is 2. The number of aromatic nitrogens is 2. The van der Waals surface area contributed by atoms with Crippen molar-refractivity contribution in [2.24, 2.45) is 5.73 Å². The van der Waals surface area contributed by atoms with E-state index in [4.69, 9.17) is 10.5 Å². The molecule has 1 unspecified atom stereocenters. The van der Waals surface area contributed by atoms with Gasteiger partial charge < -0.3 is 15.5 Å². The van der Waals surface area contributed by atoms with Gasteiger partial charge in [-0.05, 0) is 30.7 Å². The summed E-state index contributed by atoms with van der Waals surface area (Å²) in [4.78, 5) is 20.2. The largest absolute Gasteiger partial charge is 0.497 e. The van der Waals surface area contributed by atoms with Crippen molar-refractivity contribution in [1.29, 1.82) is 0 Å². The van der Waals surface area contributed by atoms with E-state index in [-0.39, 0.29) is 0 Å². The fourth-order valence-corrected chi connectivity index (χ4v) is 3.39. The lowest BCUT2D eigenvalue weighted by molar-refractivity contribution is -0.118. The van der Waals surface area contributed by atoms with Crippen molar-refractivity contribution < 1.29 is 9.53 Å². The molecule has 26 heavy (non-hydrogen) atoms. The third kappa shape index (κ3) is 2.58. The number of hydrogen-bond acceptors (Lipinski definition) is 3. The summed E-state index contributed by atoms with van der Waals surface area (Å²) in [6.07, 6.45) is 1.72. The number of rotatable bonds is 4. The quantitative estimate of drug-likeness (QED) is 0.592. The Hall–Kier alpha value is -3.34.